The number of hydrogen-bond acceptors (Lipinski definition) is 5. The van der Waals surface area contributed by atoms with Crippen LogP contribution in [0.15, 0.2) is 18.2 Å². The molecule has 3 amide bonds. The first-order chi connectivity index (χ1) is 9.43. The van der Waals surface area contributed by atoms with Gasteiger partial charge in [0.15, 0.2) is 6.61 Å². The molecule has 0 aliphatic rings. The van der Waals surface area contributed by atoms with E-state index in [0.717, 1.165) is 0 Å². The summed E-state index contributed by atoms with van der Waals surface area (Å²) in [6, 6.07) is 3.61. The molecule has 1 aromatic rings. The summed E-state index contributed by atoms with van der Waals surface area (Å²) < 4.78 is 4.74. The van der Waals surface area contributed by atoms with Crippen molar-refractivity contribution < 1.29 is 19.1 Å². The number of anilines is 1. The van der Waals surface area contributed by atoms with Crippen molar-refractivity contribution in [3.05, 3.63) is 28.8 Å². The summed E-state index contributed by atoms with van der Waals surface area (Å²) in [4.78, 5) is 34.0. The molecule has 0 spiro atoms. The molecule has 8 heteroatoms. The van der Waals surface area contributed by atoms with Gasteiger partial charge in [-0.05, 0) is 25.1 Å². The second kappa shape index (κ2) is 7.34. The van der Waals surface area contributed by atoms with Gasteiger partial charge in [0.1, 0.15) is 0 Å². The van der Waals surface area contributed by atoms with Crippen molar-refractivity contribution in [2.24, 2.45) is 0 Å². The molecule has 1 rings (SSSR count). The van der Waals surface area contributed by atoms with Gasteiger partial charge in [-0.25, -0.2) is 9.59 Å². The number of hydrogen-bond donors (Lipinski definition) is 3. The number of nitrogens with one attached hydrogen (secondary N) is 2. The Morgan fingerprint density at radius 3 is 2.65 bits per heavy atom. The molecule has 0 heterocycles. The summed E-state index contributed by atoms with van der Waals surface area (Å²) in [6.07, 6.45) is 0. The first kappa shape index (κ1) is 15.8. The van der Waals surface area contributed by atoms with Gasteiger partial charge in [-0.15, -0.1) is 0 Å². The van der Waals surface area contributed by atoms with E-state index in [0.29, 0.717) is 11.6 Å². The number of carbonyl (C=O) groups excluding carboxylic acids is 3. The fraction of sp³-hybridized carbons (Fsp3) is 0.250. The van der Waals surface area contributed by atoms with E-state index in [2.05, 4.69) is 5.32 Å². The predicted molar refractivity (Wildman–Crippen MR) is 73.4 cm³/mol. The lowest BCUT2D eigenvalue weighted by Gasteiger charge is -2.07. The molecule has 0 atom stereocenters. The molecule has 20 heavy (non-hydrogen) atoms. The number of esters is 1. The predicted octanol–water partition coefficient (Wildman–Crippen LogP) is 0.925. The van der Waals surface area contributed by atoms with Crippen LogP contribution in [-0.2, 0) is 9.53 Å². The van der Waals surface area contributed by atoms with E-state index in [-0.39, 0.29) is 11.3 Å². The van der Waals surface area contributed by atoms with Crippen LogP contribution < -0.4 is 16.4 Å². The normalized spacial score (nSPS) is 9.70. The molecule has 108 valence electrons. The van der Waals surface area contributed by atoms with Crippen molar-refractivity contribution in [3.63, 3.8) is 0 Å². The molecule has 0 radical (unpaired) electrons. The van der Waals surface area contributed by atoms with E-state index < -0.39 is 24.5 Å². The molecule has 4 N–H and O–H groups in total. The lowest BCUT2D eigenvalue weighted by atomic mass is 10.2. The second-order valence-electron chi connectivity index (χ2n) is 3.72. The summed E-state index contributed by atoms with van der Waals surface area (Å²) in [6.45, 7) is 1.49. The molecule has 1 aromatic carbocycles. The second-order valence-corrected chi connectivity index (χ2v) is 4.15. The number of amides is 3. The van der Waals surface area contributed by atoms with Crippen molar-refractivity contribution in [2.45, 2.75) is 6.92 Å². The van der Waals surface area contributed by atoms with E-state index in [1.54, 1.807) is 6.92 Å². The summed E-state index contributed by atoms with van der Waals surface area (Å²) in [5.41, 5.74) is 5.84. The van der Waals surface area contributed by atoms with Gasteiger partial charge in [0, 0.05) is 17.3 Å². The Balaban J connectivity index is 2.51. The van der Waals surface area contributed by atoms with Crippen molar-refractivity contribution in [1.29, 1.82) is 0 Å². The lowest BCUT2D eigenvalue weighted by molar-refractivity contribution is -0.123. The zero-order valence-electron chi connectivity index (χ0n) is 10.7. The van der Waals surface area contributed by atoms with E-state index in [4.69, 9.17) is 22.1 Å². The Hall–Kier alpha value is -2.28. The number of rotatable bonds is 4. The van der Waals surface area contributed by atoms with Crippen molar-refractivity contribution in [3.8, 4) is 0 Å². The van der Waals surface area contributed by atoms with Gasteiger partial charge in [-0.2, -0.15) is 0 Å². The number of carbonyl (C=O) groups is 3. The molecular weight excluding hydrogens is 286 g/mol. The maximum Gasteiger partial charge on any atom is 0.340 e. The van der Waals surface area contributed by atoms with E-state index in [1.807, 2.05) is 5.32 Å². The zero-order valence-corrected chi connectivity index (χ0v) is 11.5. The molecule has 0 aliphatic heterocycles. The average Bonchev–Trinajstić information content (AvgIpc) is 2.36. The molecule has 0 aliphatic carbocycles. The molecule has 0 saturated carbocycles. The smallest absolute Gasteiger partial charge is 0.340 e. The van der Waals surface area contributed by atoms with Crippen LogP contribution in [-0.4, -0.2) is 31.1 Å². The maximum atomic E-state index is 11.7. The number of imide groups is 1. The summed E-state index contributed by atoms with van der Waals surface area (Å²) in [5.74, 6) is -1.51. The van der Waals surface area contributed by atoms with E-state index >= 15 is 0 Å². The lowest BCUT2D eigenvalue weighted by Crippen LogP contribution is -2.41. The van der Waals surface area contributed by atoms with Gasteiger partial charge in [0.05, 0.1) is 5.56 Å². The number of halogens is 1. The highest BCUT2D eigenvalue weighted by Crippen LogP contribution is 2.18. The third-order valence-electron chi connectivity index (χ3n) is 2.16. The van der Waals surface area contributed by atoms with Gasteiger partial charge < -0.3 is 15.8 Å². The van der Waals surface area contributed by atoms with Crippen LogP contribution in [0.5, 0.6) is 0 Å². The molecular formula is C12H14ClN3O4. The SMILES string of the molecule is CCNC(=O)NC(=O)COC(=O)c1ccc(Cl)cc1N. The highest BCUT2D eigenvalue weighted by atomic mass is 35.5. The molecule has 0 fully saturated rings. The molecule has 0 saturated heterocycles. The number of benzene rings is 1. The van der Waals surface area contributed by atoms with Crippen LogP contribution in [0.4, 0.5) is 10.5 Å². The van der Waals surface area contributed by atoms with E-state index in [1.165, 1.54) is 18.2 Å². The number of nitrogens with two attached hydrogens (primary N) is 1. The van der Waals surface area contributed by atoms with Crippen LogP contribution in [0.25, 0.3) is 0 Å². The standard InChI is InChI=1S/C12H14ClN3O4/c1-2-15-12(19)16-10(17)6-20-11(18)8-4-3-7(13)5-9(8)14/h3-5H,2,6,14H2,1H3,(H2,15,16,17,19). The number of nitrogen functional groups attached to an aromatic ring is 1. The van der Waals surface area contributed by atoms with Gasteiger partial charge in [-0.1, -0.05) is 11.6 Å². The molecule has 7 nitrogen and oxygen atoms in total. The summed E-state index contributed by atoms with van der Waals surface area (Å²) in [7, 11) is 0. The fourth-order valence-corrected chi connectivity index (χ4v) is 1.48. The molecule has 0 unspecified atom stereocenters. The van der Waals surface area contributed by atoms with Gasteiger partial charge in [-0.3, -0.25) is 10.1 Å². The Labute approximate surface area is 120 Å². The monoisotopic (exact) mass is 299 g/mol. The minimum atomic E-state index is -0.773. The van der Waals surface area contributed by atoms with Crippen LogP contribution in [0.3, 0.4) is 0 Å². The highest BCUT2D eigenvalue weighted by Gasteiger charge is 2.14. The quantitative estimate of drug-likeness (QED) is 0.565. The third-order valence-corrected chi connectivity index (χ3v) is 2.39. The first-order valence-electron chi connectivity index (χ1n) is 5.74. The summed E-state index contributed by atoms with van der Waals surface area (Å²) >= 11 is 5.70. The van der Waals surface area contributed by atoms with Crippen LogP contribution in [0, 0.1) is 0 Å². The Morgan fingerprint density at radius 2 is 2.05 bits per heavy atom. The van der Waals surface area contributed by atoms with Crippen LogP contribution >= 0.6 is 11.6 Å². The molecule has 0 bridgehead atoms. The maximum absolute atomic E-state index is 11.7. The Kier molecular flexibility index (Phi) is 5.79. The topological polar surface area (TPSA) is 111 Å². The third kappa shape index (κ3) is 4.77. The zero-order chi connectivity index (χ0) is 15.1. The Bertz CT molecular complexity index is 533. The average molecular weight is 300 g/mol. The van der Waals surface area contributed by atoms with Crippen LogP contribution in [0.2, 0.25) is 5.02 Å². The van der Waals surface area contributed by atoms with Gasteiger partial charge >= 0.3 is 12.0 Å². The van der Waals surface area contributed by atoms with Gasteiger partial charge in [0.25, 0.3) is 5.91 Å². The molecule has 0 aromatic heterocycles. The minimum absolute atomic E-state index is 0.0974. The van der Waals surface area contributed by atoms with Crippen molar-refractivity contribution >= 4 is 35.2 Å². The van der Waals surface area contributed by atoms with Crippen LogP contribution in [0.1, 0.15) is 17.3 Å². The van der Waals surface area contributed by atoms with E-state index in [9.17, 15) is 14.4 Å². The summed E-state index contributed by atoms with van der Waals surface area (Å²) in [5, 5.41) is 4.74. The Morgan fingerprint density at radius 1 is 1.35 bits per heavy atom. The minimum Gasteiger partial charge on any atom is -0.452 e. The number of ether oxygens (including phenoxy) is 1. The fourth-order valence-electron chi connectivity index (χ4n) is 1.30. The van der Waals surface area contributed by atoms with Crippen molar-refractivity contribution in [1.82, 2.24) is 10.6 Å². The largest absolute Gasteiger partial charge is 0.452 e. The number of urea groups is 1. The van der Waals surface area contributed by atoms with Gasteiger partial charge in [0.2, 0.25) is 0 Å². The first-order valence-corrected chi connectivity index (χ1v) is 6.11. The highest BCUT2D eigenvalue weighted by molar-refractivity contribution is 6.31. The van der Waals surface area contributed by atoms with Crippen molar-refractivity contribution in [2.75, 3.05) is 18.9 Å².